The van der Waals surface area contributed by atoms with Gasteiger partial charge in [0.25, 0.3) is 0 Å². The third kappa shape index (κ3) is 1.59. The molecule has 1 aromatic rings. The Morgan fingerprint density at radius 2 is 2.40 bits per heavy atom. The van der Waals surface area contributed by atoms with E-state index in [0.29, 0.717) is 17.9 Å². The first kappa shape index (κ1) is 9.72. The molecule has 3 heteroatoms. The summed E-state index contributed by atoms with van der Waals surface area (Å²) in [5.41, 5.74) is 1.60. The molecule has 2 rings (SSSR count). The minimum Gasteiger partial charge on any atom is -0.492 e. The highest BCUT2D eigenvalue weighted by Crippen LogP contribution is 2.30. The average Bonchev–Trinajstić information content (AvgIpc) is 2.74. The minimum absolute atomic E-state index is 0.156. The van der Waals surface area contributed by atoms with E-state index in [0.717, 1.165) is 12.0 Å². The largest absolute Gasteiger partial charge is 0.492 e. The highest BCUT2D eigenvalue weighted by Gasteiger charge is 2.23. The van der Waals surface area contributed by atoms with Crippen LogP contribution in [0.15, 0.2) is 18.2 Å². The van der Waals surface area contributed by atoms with Crippen LogP contribution in [-0.4, -0.2) is 12.4 Å². The molecule has 1 atom stereocenters. The van der Waals surface area contributed by atoms with Crippen molar-refractivity contribution in [2.24, 2.45) is 5.92 Å². The van der Waals surface area contributed by atoms with Gasteiger partial charge in [-0.25, -0.2) is 0 Å². The first-order chi connectivity index (χ1) is 7.24. The number of fused-ring (bicyclic) bond motifs is 1. The molecule has 0 aromatic heterocycles. The molecule has 0 radical (unpaired) electrons. The number of rotatable bonds is 2. The van der Waals surface area contributed by atoms with Crippen LogP contribution >= 0.6 is 0 Å². The fourth-order valence-corrected chi connectivity index (χ4v) is 1.70. The summed E-state index contributed by atoms with van der Waals surface area (Å²) in [6.45, 7) is 2.23. The molecule has 0 saturated carbocycles. The lowest BCUT2D eigenvalue weighted by molar-refractivity contribution is 0.0953. The van der Waals surface area contributed by atoms with Crippen LogP contribution in [-0.2, 0) is 6.42 Å². The van der Waals surface area contributed by atoms with Gasteiger partial charge < -0.3 is 4.74 Å². The first-order valence-corrected chi connectivity index (χ1v) is 4.92. The first-order valence-electron chi connectivity index (χ1n) is 4.92. The number of Topliss-reactive ketones (excluding diaryl/α,β-unsaturated/α-hetero) is 1. The fourth-order valence-electron chi connectivity index (χ4n) is 1.70. The highest BCUT2D eigenvalue weighted by atomic mass is 16.5. The molecule has 1 unspecified atom stereocenters. The average molecular weight is 201 g/mol. The molecule has 76 valence electrons. The zero-order valence-corrected chi connectivity index (χ0v) is 8.49. The summed E-state index contributed by atoms with van der Waals surface area (Å²) in [6.07, 6.45) is 0.845. The van der Waals surface area contributed by atoms with Crippen LogP contribution in [0.25, 0.3) is 0 Å². The lowest BCUT2D eigenvalue weighted by Crippen LogP contribution is -2.10. The second-order valence-electron chi connectivity index (χ2n) is 3.61. The van der Waals surface area contributed by atoms with Gasteiger partial charge in [0.15, 0.2) is 5.78 Å². The van der Waals surface area contributed by atoms with Gasteiger partial charge in [0.05, 0.1) is 18.2 Å². The van der Waals surface area contributed by atoms with Gasteiger partial charge in [-0.1, -0.05) is 12.1 Å². The Morgan fingerprint density at radius 1 is 1.60 bits per heavy atom. The monoisotopic (exact) mass is 201 g/mol. The molecule has 0 saturated heterocycles. The fraction of sp³-hybridized carbons (Fsp3) is 0.333. The maximum absolute atomic E-state index is 11.8. The van der Waals surface area contributed by atoms with E-state index >= 15 is 0 Å². The van der Waals surface area contributed by atoms with Crippen molar-refractivity contribution in [1.82, 2.24) is 0 Å². The van der Waals surface area contributed by atoms with Crippen molar-refractivity contribution in [3.05, 3.63) is 29.3 Å². The molecule has 1 heterocycles. The Bertz CT molecular complexity index is 445. The number of benzene rings is 1. The number of carbonyl (C=O) groups excluding carboxylic acids is 1. The molecule has 1 aliphatic rings. The molecule has 15 heavy (non-hydrogen) atoms. The Kier molecular flexibility index (Phi) is 2.42. The number of hydrogen-bond acceptors (Lipinski definition) is 3. The van der Waals surface area contributed by atoms with Crippen LogP contribution in [0.1, 0.15) is 22.8 Å². The summed E-state index contributed by atoms with van der Waals surface area (Å²) in [4.78, 5) is 11.8. The molecule has 0 fully saturated rings. The number of carbonyl (C=O) groups is 1. The summed E-state index contributed by atoms with van der Waals surface area (Å²) in [7, 11) is 0. The van der Waals surface area contributed by atoms with Crippen molar-refractivity contribution in [2.75, 3.05) is 6.61 Å². The quantitative estimate of drug-likeness (QED) is 0.687. The topological polar surface area (TPSA) is 50.1 Å². The van der Waals surface area contributed by atoms with E-state index in [1.807, 2.05) is 18.2 Å². The molecular weight excluding hydrogens is 190 g/mol. The molecule has 0 amide bonds. The van der Waals surface area contributed by atoms with Crippen molar-refractivity contribution in [3.8, 4) is 11.8 Å². The number of nitriles is 1. The van der Waals surface area contributed by atoms with Crippen molar-refractivity contribution in [3.63, 3.8) is 0 Å². The standard InChI is InChI=1S/C12H11NO2/c1-8(7-13)11(14)10-4-2-3-9-5-6-15-12(9)10/h2-4,8H,5-6H2,1H3. The van der Waals surface area contributed by atoms with Crippen LogP contribution in [0.2, 0.25) is 0 Å². The van der Waals surface area contributed by atoms with Crippen molar-refractivity contribution >= 4 is 5.78 Å². The summed E-state index contributed by atoms with van der Waals surface area (Å²) < 4.78 is 5.42. The maximum atomic E-state index is 11.8. The smallest absolute Gasteiger partial charge is 0.183 e. The molecule has 1 aromatic carbocycles. The summed E-state index contributed by atoms with van der Waals surface area (Å²) >= 11 is 0. The van der Waals surface area contributed by atoms with Gasteiger partial charge in [0.2, 0.25) is 0 Å². The molecule has 0 N–H and O–H groups in total. The van der Waals surface area contributed by atoms with Crippen molar-refractivity contribution in [2.45, 2.75) is 13.3 Å². The number of hydrogen-bond donors (Lipinski definition) is 0. The molecular formula is C12H11NO2. The van der Waals surface area contributed by atoms with Crippen LogP contribution in [0.5, 0.6) is 5.75 Å². The molecule has 1 aliphatic heterocycles. The summed E-state index contributed by atoms with van der Waals surface area (Å²) in [5, 5.41) is 8.70. The summed E-state index contributed by atoms with van der Waals surface area (Å²) in [6, 6.07) is 7.46. The van der Waals surface area contributed by atoms with E-state index in [9.17, 15) is 4.79 Å². The highest BCUT2D eigenvalue weighted by molar-refractivity contribution is 6.01. The molecule has 3 nitrogen and oxygen atoms in total. The second-order valence-corrected chi connectivity index (χ2v) is 3.61. The van der Waals surface area contributed by atoms with Gasteiger partial charge in [-0.2, -0.15) is 5.26 Å². The molecule has 0 aliphatic carbocycles. The lowest BCUT2D eigenvalue weighted by Gasteiger charge is -2.07. The Balaban J connectivity index is 2.42. The van der Waals surface area contributed by atoms with Crippen LogP contribution in [0.4, 0.5) is 0 Å². The predicted molar refractivity (Wildman–Crippen MR) is 54.7 cm³/mol. The normalized spacial score (nSPS) is 14.9. The van der Waals surface area contributed by atoms with Gasteiger partial charge in [-0.05, 0) is 18.6 Å². The Morgan fingerprint density at radius 3 is 3.13 bits per heavy atom. The number of para-hydroxylation sites is 1. The third-order valence-electron chi connectivity index (χ3n) is 2.57. The zero-order valence-electron chi connectivity index (χ0n) is 8.49. The van der Waals surface area contributed by atoms with Gasteiger partial charge in [-0.15, -0.1) is 0 Å². The molecule has 0 spiro atoms. The van der Waals surface area contributed by atoms with Gasteiger partial charge in [-0.3, -0.25) is 4.79 Å². The zero-order chi connectivity index (χ0) is 10.8. The van der Waals surface area contributed by atoms with E-state index < -0.39 is 5.92 Å². The van der Waals surface area contributed by atoms with Crippen molar-refractivity contribution in [1.29, 1.82) is 5.26 Å². The number of ketones is 1. The maximum Gasteiger partial charge on any atom is 0.183 e. The van der Waals surface area contributed by atoms with Gasteiger partial charge >= 0.3 is 0 Å². The van der Waals surface area contributed by atoms with E-state index in [2.05, 4.69) is 0 Å². The SMILES string of the molecule is CC(C#N)C(=O)c1cccc2c1OCC2. The van der Waals surface area contributed by atoms with Gasteiger partial charge in [0, 0.05) is 6.42 Å². The lowest BCUT2D eigenvalue weighted by atomic mass is 9.98. The van der Waals surface area contributed by atoms with Crippen LogP contribution in [0.3, 0.4) is 0 Å². The number of nitrogens with zero attached hydrogens (tertiary/aromatic N) is 1. The predicted octanol–water partition coefficient (Wildman–Crippen LogP) is 1.96. The van der Waals surface area contributed by atoms with E-state index in [1.54, 1.807) is 13.0 Å². The molecule has 0 bridgehead atoms. The van der Waals surface area contributed by atoms with Crippen LogP contribution in [0, 0.1) is 17.2 Å². The number of ether oxygens (including phenoxy) is 1. The Labute approximate surface area is 88.3 Å². The minimum atomic E-state index is -0.610. The second kappa shape index (κ2) is 3.74. The van der Waals surface area contributed by atoms with E-state index in [-0.39, 0.29) is 5.78 Å². The van der Waals surface area contributed by atoms with Crippen LogP contribution < -0.4 is 4.74 Å². The summed E-state index contributed by atoms with van der Waals surface area (Å²) in [5.74, 6) is -0.0958. The van der Waals surface area contributed by atoms with E-state index in [4.69, 9.17) is 10.00 Å². The van der Waals surface area contributed by atoms with E-state index in [1.165, 1.54) is 0 Å². The Hall–Kier alpha value is -1.82. The van der Waals surface area contributed by atoms with Crippen molar-refractivity contribution < 1.29 is 9.53 Å². The van der Waals surface area contributed by atoms with Gasteiger partial charge in [0.1, 0.15) is 11.7 Å². The third-order valence-corrected chi connectivity index (χ3v) is 2.57.